The minimum absolute atomic E-state index is 0.138. The van der Waals surface area contributed by atoms with Crippen LogP contribution in [-0.2, 0) is 0 Å². The van der Waals surface area contributed by atoms with Crippen molar-refractivity contribution < 1.29 is 17.9 Å². The summed E-state index contributed by atoms with van der Waals surface area (Å²) in [5.74, 6) is -2.16. The lowest BCUT2D eigenvalue weighted by Gasteiger charge is -2.40. The van der Waals surface area contributed by atoms with Crippen LogP contribution in [0.1, 0.15) is 61.6 Å². The first-order valence-corrected chi connectivity index (χ1v) is 10.6. The Morgan fingerprint density at radius 2 is 2.10 bits per heavy atom. The second-order valence-corrected chi connectivity index (χ2v) is 8.77. The maximum Gasteiger partial charge on any atom is 0.248 e. The van der Waals surface area contributed by atoms with Crippen molar-refractivity contribution in [2.75, 3.05) is 20.2 Å². The average molecular weight is 440 g/mol. The molecule has 0 aromatic carbocycles. The van der Waals surface area contributed by atoms with Gasteiger partial charge in [-0.15, -0.1) is 0 Å². The van der Waals surface area contributed by atoms with Gasteiger partial charge in [0.25, 0.3) is 0 Å². The monoisotopic (exact) mass is 439 g/mol. The summed E-state index contributed by atoms with van der Waals surface area (Å²) in [4.78, 5) is 8.89. The normalized spacial score (nSPS) is 22.2. The summed E-state index contributed by atoms with van der Waals surface area (Å²) in [6.45, 7) is 4.47. The summed E-state index contributed by atoms with van der Waals surface area (Å²) < 4.78 is 47.1. The summed E-state index contributed by atoms with van der Waals surface area (Å²) in [5.41, 5.74) is 2.92. The Bertz CT molecular complexity index is 945. The second kappa shape index (κ2) is 8.00. The number of fused-ring (bicyclic) bond motifs is 1. The van der Waals surface area contributed by atoms with E-state index in [2.05, 4.69) is 10.3 Å². The van der Waals surface area contributed by atoms with Crippen LogP contribution in [0.15, 0.2) is 18.3 Å². The number of rotatable bonds is 6. The predicted octanol–water partition coefficient (Wildman–Crippen LogP) is 5.67. The molecule has 2 aliphatic rings. The molecular formula is C22H25ClF3N3O. The Balaban J connectivity index is 1.83. The molecule has 30 heavy (non-hydrogen) atoms. The summed E-state index contributed by atoms with van der Waals surface area (Å²) in [6, 6.07) is 3.67. The van der Waals surface area contributed by atoms with Crippen LogP contribution in [0.2, 0.25) is 5.02 Å². The highest BCUT2D eigenvalue weighted by Crippen LogP contribution is 2.51. The number of halogens is 4. The lowest BCUT2D eigenvalue weighted by Crippen LogP contribution is -2.41. The molecule has 1 fully saturated rings. The van der Waals surface area contributed by atoms with E-state index >= 15 is 0 Å². The van der Waals surface area contributed by atoms with Crippen LogP contribution in [0.25, 0.3) is 11.3 Å². The van der Waals surface area contributed by atoms with E-state index in [-0.39, 0.29) is 41.3 Å². The second-order valence-electron chi connectivity index (χ2n) is 8.39. The first kappa shape index (κ1) is 21.4. The smallest absolute Gasteiger partial charge is 0.248 e. The Kier molecular flexibility index (Phi) is 5.70. The molecule has 0 amide bonds. The molecule has 1 aliphatic heterocycles. The molecule has 1 N–H and O–H groups in total. The van der Waals surface area contributed by atoms with Gasteiger partial charge in [0.2, 0.25) is 5.92 Å². The lowest BCUT2D eigenvalue weighted by molar-refractivity contribution is -0.117. The van der Waals surface area contributed by atoms with Gasteiger partial charge >= 0.3 is 0 Å². The molecular weight excluding hydrogens is 415 g/mol. The number of nitrogens with zero attached hydrogens (tertiary/aromatic N) is 2. The standard InChI is InChI=1S/C22H25ClF3N3O/c1-11-10-30-21-15(11)6-17(16(9-27-3)13-7-22(25,26)8-13)29-20(21)14-4-5-28-19(12(2)24)18(14)23/h4-6,11-13,16,27H,7-10H2,1-3H3. The van der Waals surface area contributed by atoms with E-state index in [0.29, 0.717) is 30.2 Å². The van der Waals surface area contributed by atoms with Gasteiger partial charge in [0.1, 0.15) is 17.6 Å². The summed E-state index contributed by atoms with van der Waals surface area (Å²) >= 11 is 6.50. The molecule has 3 atom stereocenters. The fourth-order valence-electron chi connectivity index (χ4n) is 4.41. The number of alkyl halides is 3. The fraction of sp³-hybridized carbons (Fsp3) is 0.545. The van der Waals surface area contributed by atoms with E-state index in [9.17, 15) is 13.2 Å². The van der Waals surface area contributed by atoms with E-state index in [1.807, 2.05) is 13.0 Å². The highest BCUT2D eigenvalue weighted by molar-refractivity contribution is 6.34. The molecule has 0 spiro atoms. The summed E-state index contributed by atoms with van der Waals surface area (Å²) in [5, 5.41) is 3.31. The van der Waals surface area contributed by atoms with Crippen molar-refractivity contribution in [1.29, 1.82) is 0 Å². The van der Waals surface area contributed by atoms with Crippen molar-refractivity contribution in [2.45, 2.75) is 50.6 Å². The fourth-order valence-corrected chi connectivity index (χ4v) is 4.76. The molecule has 1 aliphatic carbocycles. The molecule has 8 heteroatoms. The molecule has 3 unspecified atom stereocenters. The van der Waals surface area contributed by atoms with Gasteiger partial charge in [-0.3, -0.25) is 4.98 Å². The molecule has 0 saturated heterocycles. The van der Waals surface area contributed by atoms with E-state index in [4.69, 9.17) is 21.3 Å². The van der Waals surface area contributed by atoms with E-state index in [1.165, 1.54) is 13.1 Å². The van der Waals surface area contributed by atoms with Gasteiger partial charge in [0, 0.05) is 54.2 Å². The zero-order chi connectivity index (χ0) is 21.6. The lowest BCUT2D eigenvalue weighted by atomic mass is 9.71. The number of likely N-dealkylation sites (N-methyl/N-ethyl adjacent to an activating group) is 1. The number of hydrogen-bond donors (Lipinski definition) is 1. The van der Waals surface area contributed by atoms with Crippen molar-refractivity contribution in [3.63, 3.8) is 0 Å². The van der Waals surface area contributed by atoms with Crippen LogP contribution >= 0.6 is 11.6 Å². The third-order valence-electron chi connectivity index (χ3n) is 6.07. The largest absolute Gasteiger partial charge is 0.490 e. The van der Waals surface area contributed by atoms with Gasteiger partial charge < -0.3 is 10.1 Å². The minimum atomic E-state index is -2.60. The maximum atomic E-state index is 14.0. The average Bonchev–Trinajstić information content (AvgIpc) is 3.04. The third kappa shape index (κ3) is 3.78. The molecule has 0 radical (unpaired) electrons. The Labute approximate surface area is 179 Å². The molecule has 0 bridgehead atoms. The molecule has 4 nitrogen and oxygen atoms in total. The van der Waals surface area contributed by atoms with Gasteiger partial charge in [-0.05, 0) is 32.0 Å². The number of hydrogen-bond acceptors (Lipinski definition) is 4. The highest BCUT2D eigenvalue weighted by atomic mass is 35.5. The van der Waals surface area contributed by atoms with Crippen LogP contribution in [0.5, 0.6) is 5.75 Å². The first-order valence-electron chi connectivity index (χ1n) is 10.2. The van der Waals surface area contributed by atoms with Crippen LogP contribution < -0.4 is 10.1 Å². The van der Waals surface area contributed by atoms with Crippen LogP contribution in [-0.4, -0.2) is 36.1 Å². The van der Waals surface area contributed by atoms with Crippen molar-refractivity contribution in [3.8, 4) is 17.0 Å². The van der Waals surface area contributed by atoms with E-state index in [0.717, 1.165) is 11.3 Å². The first-order chi connectivity index (χ1) is 14.2. The number of aromatic nitrogens is 2. The molecule has 162 valence electrons. The predicted molar refractivity (Wildman–Crippen MR) is 110 cm³/mol. The van der Waals surface area contributed by atoms with E-state index in [1.54, 1.807) is 13.1 Å². The van der Waals surface area contributed by atoms with Crippen molar-refractivity contribution >= 4 is 11.6 Å². The Morgan fingerprint density at radius 1 is 1.37 bits per heavy atom. The van der Waals surface area contributed by atoms with Gasteiger partial charge in [0.15, 0.2) is 0 Å². The molecule has 1 saturated carbocycles. The van der Waals surface area contributed by atoms with Crippen LogP contribution in [0.3, 0.4) is 0 Å². The van der Waals surface area contributed by atoms with Gasteiger partial charge in [-0.2, -0.15) is 0 Å². The van der Waals surface area contributed by atoms with Crippen molar-refractivity contribution in [1.82, 2.24) is 15.3 Å². The van der Waals surface area contributed by atoms with Gasteiger partial charge in [0.05, 0.1) is 17.3 Å². The number of ether oxygens (including phenoxy) is 1. The zero-order valence-electron chi connectivity index (χ0n) is 17.2. The number of nitrogens with one attached hydrogen (secondary N) is 1. The molecule has 4 rings (SSSR count). The van der Waals surface area contributed by atoms with Crippen molar-refractivity contribution in [2.24, 2.45) is 5.92 Å². The quantitative estimate of drug-likeness (QED) is 0.629. The summed E-state index contributed by atoms with van der Waals surface area (Å²) in [7, 11) is 1.80. The zero-order valence-corrected chi connectivity index (χ0v) is 17.9. The Hall–Kier alpha value is -1.86. The van der Waals surface area contributed by atoms with Gasteiger partial charge in [-0.1, -0.05) is 18.5 Å². The third-order valence-corrected chi connectivity index (χ3v) is 6.47. The topological polar surface area (TPSA) is 47.0 Å². The van der Waals surface area contributed by atoms with Gasteiger partial charge in [-0.25, -0.2) is 18.2 Å². The summed E-state index contributed by atoms with van der Waals surface area (Å²) in [6.07, 6.45) is -0.107. The molecule has 2 aromatic rings. The molecule has 3 heterocycles. The number of pyridine rings is 2. The SMILES string of the molecule is CNCC(c1cc2c(c(-c3ccnc(C(C)F)c3Cl)n1)OCC2C)C1CC(F)(F)C1. The van der Waals surface area contributed by atoms with Crippen LogP contribution in [0.4, 0.5) is 13.2 Å². The van der Waals surface area contributed by atoms with Crippen molar-refractivity contribution in [3.05, 3.63) is 40.3 Å². The molecule has 2 aromatic heterocycles. The van der Waals surface area contributed by atoms with E-state index < -0.39 is 12.1 Å². The maximum absolute atomic E-state index is 14.0. The Morgan fingerprint density at radius 3 is 2.73 bits per heavy atom. The minimum Gasteiger partial charge on any atom is -0.490 e. The van der Waals surface area contributed by atoms with Crippen LogP contribution in [0, 0.1) is 5.92 Å². The highest BCUT2D eigenvalue weighted by Gasteiger charge is 2.49.